The molecule has 2 aliphatic rings. The van der Waals surface area contributed by atoms with Crippen LogP contribution in [0.25, 0.3) is 0 Å². The number of pyridine rings is 1. The van der Waals surface area contributed by atoms with E-state index in [-0.39, 0.29) is 12.5 Å². The molecule has 1 atom stereocenters. The van der Waals surface area contributed by atoms with Gasteiger partial charge in [0.1, 0.15) is 0 Å². The minimum Gasteiger partial charge on any atom is -0.370 e. The molecule has 10 heteroatoms. The minimum atomic E-state index is -4.67. The van der Waals surface area contributed by atoms with Crippen LogP contribution in [0.2, 0.25) is 0 Å². The van der Waals surface area contributed by atoms with Gasteiger partial charge in [-0.05, 0) is 50.1 Å². The highest BCUT2D eigenvalue weighted by Crippen LogP contribution is 2.47. The van der Waals surface area contributed by atoms with Crippen LogP contribution in [0.1, 0.15) is 40.0 Å². The molecule has 3 heterocycles. The number of hydrogen-bond donors (Lipinski definition) is 1. The van der Waals surface area contributed by atoms with Gasteiger partial charge in [-0.3, -0.25) is 14.6 Å². The van der Waals surface area contributed by atoms with Gasteiger partial charge in [0.05, 0.1) is 28.7 Å². The van der Waals surface area contributed by atoms with Crippen LogP contribution in [0.5, 0.6) is 0 Å². The van der Waals surface area contributed by atoms with Gasteiger partial charge in [-0.15, -0.1) is 0 Å². The maximum Gasteiger partial charge on any atom is 0.417 e. The van der Waals surface area contributed by atoms with Crippen LogP contribution in [0.4, 0.5) is 18.9 Å². The number of aromatic nitrogens is 1. The summed E-state index contributed by atoms with van der Waals surface area (Å²) < 4.78 is 40.4. The van der Waals surface area contributed by atoms with E-state index >= 15 is 0 Å². The van der Waals surface area contributed by atoms with E-state index in [1.807, 2.05) is 6.92 Å². The molecule has 2 aliphatic heterocycles. The number of carbonyl (C=O) groups is 2. The Morgan fingerprint density at radius 1 is 1.21 bits per heavy atom. The molecule has 4 rings (SSSR count). The molecule has 2 fully saturated rings. The highest BCUT2D eigenvalue weighted by Gasteiger charge is 2.51. The lowest BCUT2D eigenvalue weighted by atomic mass is 9.70. The Labute approximate surface area is 195 Å². The van der Waals surface area contributed by atoms with E-state index < -0.39 is 34.5 Å². The molecule has 2 aromatic rings. The zero-order chi connectivity index (χ0) is 24.7. The van der Waals surface area contributed by atoms with Crippen molar-refractivity contribution >= 4 is 17.5 Å². The van der Waals surface area contributed by atoms with E-state index in [0.717, 1.165) is 17.8 Å². The van der Waals surface area contributed by atoms with Crippen LogP contribution in [-0.2, 0) is 11.0 Å². The van der Waals surface area contributed by atoms with E-state index in [1.54, 1.807) is 28.0 Å². The summed E-state index contributed by atoms with van der Waals surface area (Å²) in [5.74, 6) is -1.21. The molecule has 178 valence electrons. The number of nitrogens with zero attached hydrogens (tertiary/aromatic N) is 4. The Kier molecular flexibility index (Phi) is 5.98. The summed E-state index contributed by atoms with van der Waals surface area (Å²) in [4.78, 5) is 32.8. The standard InChI is InChI=1S/C24H24F3N5O2/c1-15-2-3-17(12-30-15)22(34)31-8-6-23(7-9-31)14-32(13-20(23)21(29)33)18-5-4-16(11-28)19(10-18)24(25,26)27/h2-5,10,12,20H,6-9,13-14H2,1H3,(H2,29,33). The van der Waals surface area contributed by atoms with Crippen molar-refractivity contribution in [3.63, 3.8) is 0 Å². The van der Waals surface area contributed by atoms with Crippen molar-refractivity contribution in [1.82, 2.24) is 9.88 Å². The molecule has 0 radical (unpaired) electrons. The van der Waals surface area contributed by atoms with Crippen LogP contribution in [0, 0.1) is 29.6 Å². The quantitative estimate of drug-likeness (QED) is 0.741. The third-order valence-corrected chi connectivity index (χ3v) is 6.99. The molecule has 34 heavy (non-hydrogen) atoms. The predicted octanol–water partition coefficient (Wildman–Crippen LogP) is 3.12. The van der Waals surface area contributed by atoms with Crippen LogP contribution in [-0.4, -0.2) is 47.9 Å². The zero-order valence-electron chi connectivity index (χ0n) is 18.6. The third kappa shape index (κ3) is 4.30. The molecule has 1 aromatic carbocycles. The van der Waals surface area contributed by atoms with Crippen molar-refractivity contribution in [3.8, 4) is 6.07 Å². The Morgan fingerprint density at radius 2 is 1.91 bits per heavy atom. The average molecular weight is 471 g/mol. The number of piperidine rings is 1. The van der Waals surface area contributed by atoms with Crippen molar-refractivity contribution < 1.29 is 22.8 Å². The Hall–Kier alpha value is -3.61. The molecule has 1 spiro atoms. The second-order valence-corrected chi connectivity index (χ2v) is 9.02. The van der Waals surface area contributed by atoms with Gasteiger partial charge in [-0.25, -0.2) is 0 Å². The molecular formula is C24H24F3N5O2. The maximum atomic E-state index is 13.5. The van der Waals surface area contributed by atoms with Gasteiger partial charge in [0.15, 0.2) is 0 Å². The van der Waals surface area contributed by atoms with Crippen molar-refractivity contribution in [2.75, 3.05) is 31.1 Å². The largest absolute Gasteiger partial charge is 0.417 e. The first-order valence-electron chi connectivity index (χ1n) is 10.9. The van der Waals surface area contributed by atoms with E-state index in [1.165, 1.54) is 12.3 Å². The summed E-state index contributed by atoms with van der Waals surface area (Å²) in [5, 5.41) is 9.06. The number of primary amides is 1. The van der Waals surface area contributed by atoms with Gasteiger partial charge in [-0.1, -0.05) is 0 Å². The lowest BCUT2D eigenvalue weighted by Crippen LogP contribution is -2.49. The Bertz CT molecular complexity index is 1150. The third-order valence-electron chi connectivity index (χ3n) is 6.99. The number of nitrogens with two attached hydrogens (primary N) is 1. The van der Waals surface area contributed by atoms with Crippen molar-refractivity contribution in [3.05, 3.63) is 58.9 Å². The predicted molar refractivity (Wildman–Crippen MR) is 118 cm³/mol. The van der Waals surface area contributed by atoms with Crippen molar-refractivity contribution in [1.29, 1.82) is 5.26 Å². The van der Waals surface area contributed by atoms with Crippen LogP contribution in [0.15, 0.2) is 36.5 Å². The summed E-state index contributed by atoms with van der Waals surface area (Å²) in [6.07, 6.45) is -2.12. The molecule has 1 unspecified atom stereocenters. The minimum absolute atomic E-state index is 0.144. The summed E-state index contributed by atoms with van der Waals surface area (Å²) in [6.45, 7) is 3.18. The van der Waals surface area contributed by atoms with Gasteiger partial charge in [0, 0.05) is 49.2 Å². The van der Waals surface area contributed by atoms with Gasteiger partial charge >= 0.3 is 6.18 Å². The monoisotopic (exact) mass is 471 g/mol. The van der Waals surface area contributed by atoms with E-state index in [9.17, 15) is 22.8 Å². The van der Waals surface area contributed by atoms with Gasteiger partial charge in [0.25, 0.3) is 5.91 Å². The molecule has 2 N–H and O–H groups in total. The zero-order valence-corrected chi connectivity index (χ0v) is 18.6. The number of likely N-dealkylation sites (tertiary alicyclic amines) is 1. The number of amides is 2. The van der Waals surface area contributed by atoms with Crippen molar-refractivity contribution in [2.24, 2.45) is 17.1 Å². The first-order chi connectivity index (χ1) is 16.0. The van der Waals surface area contributed by atoms with Crippen LogP contribution < -0.4 is 10.6 Å². The molecule has 1 aromatic heterocycles. The van der Waals surface area contributed by atoms with Crippen LogP contribution >= 0.6 is 0 Å². The second kappa shape index (κ2) is 8.63. The van der Waals surface area contributed by atoms with Gasteiger partial charge < -0.3 is 15.5 Å². The Balaban J connectivity index is 1.55. The molecule has 2 saturated heterocycles. The lowest BCUT2D eigenvalue weighted by molar-refractivity contribution is -0.137. The average Bonchev–Trinajstić information content (AvgIpc) is 3.17. The van der Waals surface area contributed by atoms with E-state index in [2.05, 4.69) is 4.98 Å². The summed E-state index contributed by atoms with van der Waals surface area (Å²) >= 11 is 0. The normalized spacial score (nSPS) is 19.8. The fourth-order valence-corrected chi connectivity index (χ4v) is 5.06. The number of hydrogen-bond acceptors (Lipinski definition) is 5. The number of halogens is 3. The topological polar surface area (TPSA) is 103 Å². The number of anilines is 1. The van der Waals surface area contributed by atoms with Gasteiger partial charge in [0.2, 0.25) is 5.91 Å². The number of rotatable bonds is 3. The Morgan fingerprint density at radius 3 is 2.47 bits per heavy atom. The second-order valence-electron chi connectivity index (χ2n) is 9.02. The van der Waals surface area contributed by atoms with Crippen LogP contribution in [0.3, 0.4) is 0 Å². The number of benzene rings is 1. The lowest BCUT2D eigenvalue weighted by Gasteiger charge is -2.41. The molecular weight excluding hydrogens is 447 g/mol. The first-order valence-corrected chi connectivity index (χ1v) is 10.9. The first kappa shape index (κ1) is 23.5. The molecule has 7 nitrogen and oxygen atoms in total. The number of aryl methyl sites for hydroxylation is 1. The molecule has 0 aliphatic carbocycles. The number of alkyl halides is 3. The van der Waals surface area contributed by atoms with E-state index in [0.29, 0.717) is 43.7 Å². The van der Waals surface area contributed by atoms with Crippen molar-refractivity contribution in [2.45, 2.75) is 25.9 Å². The molecule has 0 saturated carbocycles. The van der Waals surface area contributed by atoms with Gasteiger partial charge in [-0.2, -0.15) is 18.4 Å². The number of nitriles is 1. The highest BCUT2D eigenvalue weighted by atomic mass is 19.4. The fraction of sp³-hybridized carbons (Fsp3) is 0.417. The highest BCUT2D eigenvalue weighted by molar-refractivity contribution is 5.94. The SMILES string of the molecule is Cc1ccc(C(=O)N2CCC3(CC2)CN(c2ccc(C#N)c(C(F)(F)F)c2)CC3C(N)=O)cn1. The summed E-state index contributed by atoms with van der Waals surface area (Å²) in [7, 11) is 0. The summed E-state index contributed by atoms with van der Waals surface area (Å²) in [6, 6.07) is 8.65. The molecule has 2 amide bonds. The smallest absolute Gasteiger partial charge is 0.370 e. The molecule has 0 bridgehead atoms. The van der Waals surface area contributed by atoms with E-state index in [4.69, 9.17) is 11.0 Å². The fourth-order valence-electron chi connectivity index (χ4n) is 5.06. The maximum absolute atomic E-state index is 13.5. The summed E-state index contributed by atoms with van der Waals surface area (Å²) in [5.41, 5.74) is 5.30. The number of carbonyl (C=O) groups excluding carboxylic acids is 2.